The van der Waals surface area contributed by atoms with Gasteiger partial charge in [-0.2, -0.15) is 0 Å². The second kappa shape index (κ2) is 6.29. The molecule has 0 heterocycles. The molecule has 0 aliphatic heterocycles. The van der Waals surface area contributed by atoms with Crippen LogP contribution in [0.5, 0.6) is 0 Å². The monoisotopic (exact) mass is 290 g/mol. The van der Waals surface area contributed by atoms with Crippen LogP contribution >= 0.6 is 0 Å². The number of amides is 2. The Morgan fingerprint density at radius 2 is 1.57 bits per heavy atom. The van der Waals surface area contributed by atoms with Crippen molar-refractivity contribution >= 4 is 17.5 Å². The molecule has 0 spiro atoms. The van der Waals surface area contributed by atoms with Crippen LogP contribution in [0.4, 0.5) is 5.69 Å². The van der Waals surface area contributed by atoms with Crippen LogP contribution < -0.4 is 5.32 Å². The van der Waals surface area contributed by atoms with Gasteiger partial charge in [0.05, 0.1) is 0 Å². The molecule has 0 radical (unpaired) electrons. The normalized spacial score (nSPS) is 11.2. The van der Waals surface area contributed by atoms with Gasteiger partial charge in [0.15, 0.2) is 0 Å². The van der Waals surface area contributed by atoms with Gasteiger partial charge in [-0.05, 0) is 59.6 Å². The molecule has 0 aliphatic rings. The first-order chi connectivity index (χ1) is 9.57. The predicted molar refractivity (Wildman–Crippen MR) is 86.4 cm³/mol. The van der Waals surface area contributed by atoms with Crippen molar-refractivity contribution in [3.63, 3.8) is 0 Å². The van der Waals surface area contributed by atoms with Crippen LogP contribution in [0.15, 0.2) is 12.1 Å². The highest BCUT2D eigenvalue weighted by Crippen LogP contribution is 2.22. The number of hydrogen-bond donors (Lipinski definition) is 1. The highest BCUT2D eigenvalue weighted by molar-refractivity contribution is 6.39. The Balaban J connectivity index is 2.99. The summed E-state index contributed by atoms with van der Waals surface area (Å²) in [4.78, 5) is 26.1. The number of carbonyl (C=O) groups excluding carboxylic acids is 2. The summed E-state index contributed by atoms with van der Waals surface area (Å²) in [6.45, 7) is 14.0. The first-order valence-corrected chi connectivity index (χ1v) is 7.28. The van der Waals surface area contributed by atoms with Gasteiger partial charge in [0.1, 0.15) is 0 Å². The Morgan fingerprint density at radius 1 is 1.10 bits per heavy atom. The fourth-order valence-corrected chi connectivity index (χ4v) is 2.59. The molecule has 0 fully saturated rings. The molecule has 2 amide bonds. The molecule has 1 aromatic rings. The Hall–Kier alpha value is -1.84. The standard InChI is InChI=1S/C17H26N2O2/c1-8-19(17(5,6)7)16(21)15(20)18-14-12(3)9-11(2)10-13(14)4/h9-10H,8H2,1-7H3,(H,18,20). The van der Waals surface area contributed by atoms with Crippen molar-refractivity contribution in [1.29, 1.82) is 0 Å². The summed E-state index contributed by atoms with van der Waals surface area (Å²) in [5.74, 6) is -1.08. The minimum atomic E-state index is -0.582. The summed E-state index contributed by atoms with van der Waals surface area (Å²) >= 11 is 0. The fraction of sp³-hybridized carbons (Fsp3) is 0.529. The van der Waals surface area contributed by atoms with Gasteiger partial charge in [-0.25, -0.2) is 0 Å². The lowest BCUT2D eigenvalue weighted by Gasteiger charge is -2.34. The molecule has 4 nitrogen and oxygen atoms in total. The number of benzene rings is 1. The molecule has 1 rings (SSSR count). The zero-order chi connectivity index (χ0) is 16.4. The molecular formula is C17H26N2O2. The number of nitrogens with zero attached hydrogens (tertiary/aromatic N) is 1. The third kappa shape index (κ3) is 4.06. The van der Waals surface area contributed by atoms with Gasteiger partial charge in [0, 0.05) is 17.8 Å². The van der Waals surface area contributed by atoms with E-state index in [1.807, 2.05) is 60.6 Å². The average molecular weight is 290 g/mol. The van der Waals surface area contributed by atoms with Crippen LogP contribution in [0, 0.1) is 20.8 Å². The summed E-state index contributed by atoms with van der Waals surface area (Å²) in [6, 6.07) is 3.99. The lowest BCUT2D eigenvalue weighted by atomic mass is 10.0. The highest BCUT2D eigenvalue weighted by atomic mass is 16.2. The smallest absolute Gasteiger partial charge is 0.313 e. The second-order valence-corrected chi connectivity index (χ2v) is 6.45. The molecule has 0 atom stereocenters. The zero-order valence-corrected chi connectivity index (χ0v) is 14.1. The van der Waals surface area contributed by atoms with Crippen LogP contribution in [0.25, 0.3) is 0 Å². The maximum absolute atomic E-state index is 12.3. The van der Waals surface area contributed by atoms with Gasteiger partial charge in [0.2, 0.25) is 0 Å². The van der Waals surface area contributed by atoms with E-state index in [2.05, 4.69) is 5.32 Å². The van der Waals surface area contributed by atoms with Crippen LogP contribution in [-0.4, -0.2) is 28.8 Å². The minimum absolute atomic E-state index is 0.374. The SMILES string of the molecule is CCN(C(=O)C(=O)Nc1c(C)cc(C)cc1C)C(C)(C)C. The number of nitrogens with one attached hydrogen (secondary N) is 1. The second-order valence-electron chi connectivity index (χ2n) is 6.45. The molecule has 0 bridgehead atoms. The number of hydrogen-bond acceptors (Lipinski definition) is 2. The minimum Gasteiger partial charge on any atom is -0.330 e. The lowest BCUT2D eigenvalue weighted by Crippen LogP contribution is -2.50. The van der Waals surface area contributed by atoms with E-state index >= 15 is 0 Å². The molecule has 1 N–H and O–H groups in total. The van der Waals surface area contributed by atoms with Crippen molar-refractivity contribution in [2.24, 2.45) is 0 Å². The van der Waals surface area contributed by atoms with E-state index in [0.29, 0.717) is 6.54 Å². The molecule has 21 heavy (non-hydrogen) atoms. The molecule has 0 saturated carbocycles. The molecule has 0 saturated heterocycles. The Labute approximate surface area is 127 Å². The van der Waals surface area contributed by atoms with Crippen LogP contribution in [-0.2, 0) is 9.59 Å². The van der Waals surface area contributed by atoms with Crippen molar-refractivity contribution in [1.82, 2.24) is 4.90 Å². The summed E-state index contributed by atoms with van der Waals surface area (Å²) < 4.78 is 0. The van der Waals surface area contributed by atoms with Crippen LogP contribution in [0.2, 0.25) is 0 Å². The molecule has 0 aliphatic carbocycles. The number of anilines is 1. The van der Waals surface area contributed by atoms with E-state index in [9.17, 15) is 9.59 Å². The molecule has 4 heteroatoms. The summed E-state index contributed by atoms with van der Waals surface area (Å²) in [7, 11) is 0. The Bertz CT molecular complexity index is 533. The number of carbonyl (C=O) groups is 2. The van der Waals surface area contributed by atoms with E-state index in [0.717, 1.165) is 22.4 Å². The van der Waals surface area contributed by atoms with E-state index in [-0.39, 0.29) is 5.54 Å². The zero-order valence-electron chi connectivity index (χ0n) is 14.1. The number of likely N-dealkylation sites (N-methyl/N-ethyl adjacent to an activating group) is 1. The van der Waals surface area contributed by atoms with Gasteiger partial charge in [0.25, 0.3) is 0 Å². The van der Waals surface area contributed by atoms with Crippen molar-refractivity contribution in [3.05, 3.63) is 28.8 Å². The maximum Gasteiger partial charge on any atom is 0.313 e. The van der Waals surface area contributed by atoms with Crippen LogP contribution in [0.1, 0.15) is 44.4 Å². The molecule has 0 unspecified atom stereocenters. The number of aryl methyl sites for hydroxylation is 3. The van der Waals surface area contributed by atoms with Gasteiger partial charge in [-0.15, -0.1) is 0 Å². The fourth-order valence-electron chi connectivity index (χ4n) is 2.59. The molecule has 116 valence electrons. The summed E-state index contributed by atoms with van der Waals surface area (Å²) in [5, 5.41) is 2.76. The molecule has 0 aromatic heterocycles. The van der Waals surface area contributed by atoms with Gasteiger partial charge < -0.3 is 10.2 Å². The van der Waals surface area contributed by atoms with Crippen molar-refractivity contribution in [2.75, 3.05) is 11.9 Å². The van der Waals surface area contributed by atoms with Crippen molar-refractivity contribution in [3.8, 4) is 0 Å². The third-order valence-corrected chi connectivity index (χ3v) is 3.48. The number of rotatable bonds is 2. The lowest BCUT2D eigenvalue weighted by molar-refractivity contribution is -0.146. The molecule has 1 aromatic carbocycles. The quantitative estimate of drug-likeness (QED) is 0.850. The first-order valence-electron chi connectivity index (χ1n) is 7.28. The summed E-state index contributed by atoms with van der Waals surface area (Å²) in [5.41, 5.74) is 3.42. The van der Waals surface area contributed by atoms with E-state index < -0.39 is 11.8 Å². The first kappa shape index (κ1) is 17.2. The van der Waals surface area contributed by atoms with Crippen LogP contribution in [0.3, 0.4) is 0 Å². The average Bonchev–Trinajstić information content (AvgIpc) is 2.32. The third-order valence-electron chi connectivity index (χ3n) is 3.48. The summed E-state index contributed by atoms with van der Waals surface area (Å²) in [6.07, 6.45) is 0. The largest absolute Gasteiger partial charge is 0.330 e. The van der Waals surface area contributed by atoms with Crippen molar-refractivity contribution < 1.29 is 9.59 Å². The highest BCUT2D eigenvalue weighted by Gasteiger charge is 2.30. The van der Waals surface area contributed by atoms with Gasteiger partial charge >= 0.3 is 11.8 Å². The molecular weight excluding hydrogens is 264 g/mol. The van der Waals surface area contributed by atoms with E-state index in [1.54, 1.807) is 4.90 Å². The van der Waals surface area contributed by atoms with E-state index in [1.165, 1.54) is 0 Å². The van der Waals surface area contributed by atoms with Gasteiger partial charge in [-0.3, -0.25) is 9.59 Å². The maximum atomic E-state index is 12.3. The predicted octanol–water partition coefficient (Wildman–Crippen LogP) is 3.20. The van der Waals surface area contributed by atoms with Gasteiger partial charge in [-0.1, -0.05) is 17.7 Å². The Morgan fingerprint density at radius 3 is 1.95 bits per heavy atom. The Kier molecular flexibility index (Phi) is 5.15. The topological polar surface area (TPSA) is 49.4 Å². The van der Waals surface area contributed by atoms with Crippen molar-refractivity contribution in [2.45, 2.75) is 54.0 Å². The van der Waals surface area contributed by atoms with E-state index in [4.69, 9.17) is 0 Å².